The fourth-order valence-corrected chi connectivity index (χ4v) is 0.922. The van der Waals surface area contributed by atoms with Crippen LogP contribution in [0.15, 0.2) is 41.2 Å². The van der Waals surface area contributed by atoms with Crippen LogP contribution in [0.4, 0.5) is 5.69 Å². The molecule has 74 valence electrons. The van der Waals surface area contributed by atoms with Gasteiger partial charge in [-0.05, 0) is 6.07 Å². The summed E-state index contributed by atoms with van der Waals surface area (Å²) in [5.41, 5.74) is 0.738. The molecule has 1 aliphatic rings. The third-order valence-corrected chi connectivity index (χ3v) is 1.55. The first-order valence-electron chi connectivity index (χ1n) is 4.08. The Hall–Kier alpha value is -2.44. The average Bonchev–Trinajstić information content (AvgIpc) is 2.92. The summed E-state index contributed by atoms with van der Waals surface area (Å²) in [5, 5.41) is 13.0. The van der Waals surface area contributed by atoms with Crippen LogP contribution in [0.3, 0.4) is 0 Å². The van der Waals surface area contributed by atoms with Crippen LogP contribution in [0.5, 0.6) is 0 Å². The highest BCUT2D eigenvalue weighted by Gasteiger charge is 2.17. The number of carbonyl (C=O) groups is 1. The second-order valence-corrected chi connectivity index (χ2v) is 2.53. The van der Waals surface area contributed by atoms with Gasteiger partial charge in [0.05, 0.1) is 6.20 Å². The largest absolute Gasteiger partial charge is 0.316 e. The van der Waals surface area contributed by atoms with E-state index < -0.39 is 5.91 Å². The summed E-state index contributed by atoms with van der Waals surface area (Å²) < 4.78 is 0. The van der Waals surface area contributed by atoms with Gasteiger partial charge in [0.15, 0.2) is 5.69 Å². The van der Waals surface area contributed by atoms with Crippen LogP contribution in [-0.2, 0) is 0 Å². The topological polar surface area (TPSA) is 96.2 Å². The number of rotatable bonds is 0. The maximum Gasteiger partial charge on any atom is 0.316 e. The predicted octanol–water partition coefficient (Wildman–Crippen LogP) is 1.12. The molecule has 0 unspecified atom stereocenters. The van der Waals surface area contributed by atoms with E-state index in [1.165, 1.54) is 12.5 Å². The molecule has 0 aromatic carbocycles. The van der Waals surface area contributed by atoms with Crippen LogP contribution in [0.1, 0.15) is 10.5 Å². The summed E-state index contributed by atoms with van der Waals surface area (Å²) in [7, 11) is 0. The van der Waals surface area contributed by atoms with Gasteiger partial charge in [-0.1, -0.05) is 0 Å². The molecule has 0 fully saturated rings. The molecular weight excluding hydrogens is 196 g/mol. The molecule has 0 aliphatic carbocycles. The smallest absolute Gasteiger partial charge is 0.286 e. The lowest BCUT2D eigenvalue weighted by Crippen LogP contribution is -1.92. The second-order valence-electron chi connectivity index (χ2n) is 2.53. The first-order valence-corrected chi connectivity index (χ1v) is 4.08. The molecule has 0 saturated heterocycles. The Bertz CT molecular complexity index is 460. The first-order chi connectivity index (χ1) is 7.38. The number of nitrogens with zero attached hydrogens (tertiary/aromatic N) is 5. The predicted molar refractivity (Wildman–Crippen MR) is 49.5 cm³/mol. The van der Waals surface area contributed by atoms with Crippen molar-refractivity contribution >= 4 is 11.6 Å². The summed E-state index contributed by atoms with van der Waals surface area (Å²) in [5.74, 6) is -0.391. The normalized spacial score (nSPS) is 11.9. The van der Waals surface area contributed by atoms with Crippen molar-refractivity contribution in [2.24, 2.45) is 10.2 Å². The molecule has 1 aliphatic heterocycles. The zero-order valence-corrected chi connectivity index (χ0v) is 7.53. The third kappa shape index (κ3) is 2.08. The first kappa shape index (κ1) is 9.13. The molecule has 0 radical (unpaired) electrons. The SMILES string of the molecule is O=C1N=Nc2cncnc21.c1cn[nH]c1. The fraction of sp³-hybridized carbons (Fsp3) is 0. The van der Waals surface area contributed by atoms with E-state index >= 15 is 0 Å². The van der Waals surface area contributed by atoms with Crippen LogP contribution in [0.2, 0.25) is 0 Å². The van der Waals surface area contributed by atoms with E-state index in [0.717, 1.165) is 0 Å². The number of aromatic nitrogens is 4. The van der Waals surface area contributed by atoms with Crippen LogP contribution in [0, 0.1) is 0 Å². The van der Waals surface area contributed by atoms with Gasteiger partial charge in [0, 0.05) is 12.4 Å². The molecule has 2 aromatic rings. The van der Waals surface area contributed by atoms with Gasteiger partial charge in [-0.3, -0.25) is 9.89 Å². The van der Waals surface area contributed by atoms with Gasteiger partial charge in [0.25, 0.3) is 0 Å². The van der Waals surface area contributed by atoms with Crippen LogP contribution >= 0.6 is 0 Å². The number of hydrogen-bond acceptors (Lipinski definition) is 5. The summed E-state index contributed by atoms with van der Waals surface area (Å²) in [6.07, 6.45) is 6.21. The van der Waals surface area contributed by atoms with Gasteiger partial charge >= 0.3 is 5.91 Å². The Kier molecular flexibility index (Phi) is 2.54. The molecule has 3 heterocycles. The molecule has 0 atom stereocenters. The lowest BCUT2D eigenvalue weighted by Gasteiger charge is -1.86. The molecule has 7 heteroatoms. The number of fused-ring (bicyclic) bond motifs is 1. The van der Waals surface area contributed by atoms with Gasteiger partial charge in [0.2, 0.25) is 0 Å². The molecule has 1 N–H and O–H groups in total. The van der Waals surface area contributed by atoms with Gasteiger partial charge < -0.3 is 0 Å². The molecule has 15 heavy (non-hydrogen) atoms. The molecule has 3 rings (SSSR count). The zero-order chi connectivity index (χ0) is 10.5. The minimum atomic E-state index is -0.391. The lowest BCUT2D eigenvalue weighted by atomic mass is 10.4. The number of nitrogens with one attached hydrogen (secondary N) is 1. The van der Waals surface area contributed by atoms with Crippen molar-refractivity contribution in [3.05, 3.63) is 36.7 Å². The van der Waals surface area contributed by atoms with Crippen molar-refractivity contribution in [3.63, 3.8) is 0 Å². The number of hydrogen-bond donors (Lipinski definition) is 1. The highest BCUT2D eigenvalue weighted by Crippen LogP contribution is 2.21. The summed E-state index contributed by atoms with van der Waals surface area (Å²) >= 11 is 0. The number of H-pyrrole nitrogens is 1. The fourth-order valence-electron chi connectivity index (χ4n) is 0.922. The van der Waals surface area contributed by atoms with Crippen LogP contribution in [0.25, 0.3) is 0 Å². The second kappa shape index (κ2) is 4.18. The van der Waals surface area contributed by atoms with Gasteiger partial charge in [0.1, 0.15) is 12.0 Å². The van der Waals surface area contributed by atoms with Gasteiger partial charge in [-0.2, -0.15) is 5.10 Å². The number of aromatic amines is 1. The summed E-state index contributed by atoms with van der Waals surface area (Å²) in [6, 6.07) is 1.83. The minimum Gasteiger partial charge on any atom is -0.286 e. The Labute approximate surface area is 84.3 Å². The monoisotopic (exact) mass is 202 g/mol. The third-order valence-electron chi connectivity index (χ3n) is 1.55. The molecule has 7 nitrogen and oxygen atoms in total. The molecule has 0 saturated carbocycles. The molecule has 0 bridgehead atoms. The Morgan fingerprint density at radius 1 is 1.27 bits per heavy atom. The van der Waals surface area contributed by atoms with Gasteiger partial charge in [-0.15, -0.1) is 10.2 Å². The Morgan fingerprint density at radius 3 is 2.80 bits per heavy atom. The van der Waals surface area contributed by atoms with E-state index in [4.69, 9.17) is 0 Å². The maximum absolute atomic E-state index is 10.7. The van der Waals surface area contributed by atoms with Crippen molar-refractivity contribution in [2.75, 3.05) is 0 Å². The molecular formula is C8H6N6O. The number of azo groups is 1. The Morgan fingerprint density at radius 2 is 2.20 bits per heavy atom. The van der Waals surface area contributed by atoms with Crippen LogP contribution < -0.4 is 0 Å². The van der Waals surface area contributed by atoms with Crippen LogP contribution in [-0.4, -0.2) is 26.1 Å². The van der Waals surface area contributed by atoms with E-state index in [-0.39, 0.29) is 5.69 Å². The van der Waals surface area contributed by atoms with Gasteiger partial charge in [-0.25, -0.2) is 9.97 Å². The van der Waals surface area contributed by atoms with E-state index in [0.29, 0.717) is 5.69 Å². The molecule has 1 amide bonds. The van der Waals surface area contributed by atoms with E-state index in [1.54, 1.807) is 12.4 Å². The van der Waals surface area contributed by atoms with Crippen molar-refractivity contribution < 1.29 is 4.79 Å². The number of carbonyl (C=O) groups excluding carboxylic acids is 1. The van der Waals surface area contributed by atoms with Crippen molar-refractivity contribution in [3.8, 4) is 0 Å². The maximum atomic E-state index is 10.7. The lowest BCUT2D eigenvalue weighted by molar-refractivity contribution is 0.0998. The van der Waals surface area contributed by atoms with Crippen molar-refractivity contribution in [1.29, 1.82) is 0 Å². The van der Waals surface area contributed by atoms with E-state index in [1.807, 2.05) is 6.07 Å². The highest BCUT2D eigenvalue weighted by atomic mass is 16.2. The van der Waals surface area contributed by atoms with Crippen molar-refractivity contribution in [2.45, 2.75) is 0 Å². The summed E-state index contributed by atoms with van der Waals surface area (Å²) in [4.78, 5) is 18.1. The van der Waals surface area contributed by atoms with Crippen molar-refractivity contribution in [1.82, 2.24) is 20.2 Å². The number of amides is 1. The molecule has 0 spiro atoms. The standard InChI is InChI=1S/C5H2N4O.C3H4N2/c10-5-4-3(8-9-5)1-6-2-7-4;1-2-4-5-3-1/h1-2H;1-3H,(H,4,5). The van der Waals surface area contributed by atoms with E-state index in [9.17, 15) is 4.79 Å². The zero-order valence-electron chi connectivity index (χ0n) is 7.53. The highest BCUT2D eigenvalue weighted by molar-refractivity contribution is 5.99. The Balaban J connectivity index is 0.000000144. The molecule has 2 aromatic heterocycles. The minimum absolute atomic E-state index is 0.287. The van der Waals surface area contributed by atoms with E-state index in [2.05, 4.69) is 30.4 Å². The quantitative estimate of drug-likeness (QED) is 0.692. The average molecular weight is 202 g/mol. The summed E-state index contributed by atoms with van der Waals surface area (Å²) in [6.45, 7) is 0.